The van der Waals surface area contributed by atoms with Gasteiger partial charge in [-0.1, -0.05) is 0 Å². The second kappa shape index (κ2) is 4.05. The van der Waals surface area contributed by atoms with Gasteiger partial charge in [0.2, 0.25) is 0 Å². The molecule has 0 aliphatic rings. The quantitative estimate of drug-likeness (QED) is 0.781. The molecule has 0 aromatic carbocycles. The summed E-state index contributed by atoms with van der Waals surface area (Å²) in [6, 6.07) is 0. The number of nitrogens with zero attached hydrogens (tertiary/aromatic N) is 1. The first-order valence-corrected chi connectivity index (χ1v) is 4.53. The maximum Gasteiger partial charge on any atom is 0.0959 e. The molecule has 0 fully saturated rings. The van der Waals surface area contributed by atoms with Crippen LogP contribution in [0, 0.1) is 0 Å². The molecule has 56 valence electrons. The van der Waals surface area contributed by atoms with Gasteiger partial charge in [0.25, 0.3) is 0 Å². The summed E-state index contributed by atoms with van der Waals surface area (Å²) >= 11 is 4.99. The number of thiazole rings is 1. The van der Waals surface area contributed by atoms with Gasteiger partial charge >= 0.3 is 0 Å². The van der Waals surface area contributed by atoms with Crippen molar-refractivity contribution in [3.8, 4) is 0 Å². The van der Waals surface area contributed by atoms with Crippen molar-refractivity contribution in [1.82, 2.24) is 4.98 Å². The van der Waals surface area contributed by atoms with Crippen LogP contribution in [0.1, 0.15) is 5.01 Å². The van der Waals surface area contributed by atoms with Crippen LogP contribution in [0.5, 0.6) is 0 Å². The first-order chi connectivity index (χ1) is 4.83. The van der Waals surface area contributed by atoms with Gasteiger partial charge in [-0.05, 0) is 15.9 Å². The lowest BCUT2D eigenvalue weighted by molar-refractivity contribution is 0.202. The van der Waals surface area contributed by atoms with Crippen molar-refractivity contribution in [2.75, 3.05) is 13.7 Å². The molecule has 4 heteroatoms. The number of rotatable bonds is 3. The van der Waals surface area contributed by atoms with E-state index in [1.165, 1.54) is 0 Å². The fourth-order valence-electron chi connectivity index (χ4n) is 0.593. The molecule has 1 aromatic heterocycles. The third kappa shape index (κ3) is 2.36. The molecule has 0 bridgehead atoms. The summed E-state index contributed by atoms with van der Waals surface area (Å²) in [6.07, 6.45) is 2.72. The van der Waals surface area contributed by atoms with E-state index in [2.05, 4.69) is 20.9 Å². The van der Waals surface area contributed by atoms with E-state index in [0.717, 1.165) is 21.8 Å². The zero-order valence-electron chi connectivity index (χ0n) is 5.63. The molecule has 10 heavy (non-hydrogen) atoms. The predicted octanol–water partition coefficient (Wildman–Crippen LogP) is 2.09. The highest BCUT2D eigenvalue weighted by atomic mass is 79.9. The zero-order chi connectivity index (χ0) is 7.40. The van der Waals surface area contributed by atoms with E-state index < -0.39 is 0 Å². The number of methoxy groups -OCH3 is 1. The van der Waals surface area contributed by atoms with Crippen molar-refractivity contribution in [2.45, 2.75) is 6.42 Å². The number of hydrogen-bond acceptors (Lipinski definition) is 3. The zero-order valence-corrected chi connectivity index (χ0v) is 8.04. The number of hydrogen-bond donors (Lipinski definition) is 0. The van der Waals surface area contributed by atoms with Gasteiger partial charge < -0.3 is 4.74 Å². The summed E-state index contributed by atoms with van der Waals surface area (Å²) in [7, 11) is 1.70. The standard InChI is InChI=1S/C6H8BrNOS/c1-9-3-2-6-8-4-5(7)10-6/h4H,2-3H2,1H3. The SMILES string of the molecule is COCCc1ncc(Br)s1. The fraction of sp³-hybridized carbons (Fsp3) is 0.500. The Morgan fingerprint density at radius 1 is 1.80 bits per heavy atom. The van der Waals surface area contributed by atoms with Crippen LogP contribution in [0.3, 0.4) is 0 Å². The van der Waals surface area contributed by atoms with Crippen molar-refractivity contribution >= 4 is 27.3 Å². The third-order valence-electron chi connectivity index (χ3n) is 1.05. The summed E-state index contributed by atoms with van der Waals surface area (Å²) in [6.45, 7) is 0.750. The summed E-state index contributed by atoms with van der Waals surface area (Å²) < 4.78 is 5.99. The largest absolute Gasteiger partial charge is 0.384 e. The second-order valence-corrected chi connectivity index (χ2v) is 4.30. The van der Waals surface area contributed by atoms with E-state index in [4.69, 9.17) is 4.74 Å². The van der Waals surface area contributed by atoms with Gasteiger partial charge in [0.05, 0.1) is 21.6 Å². The van der Waals surface area contributed by atoms with E-state index in [1.807, 2.05) is 6.20 Å². The lowest BCUT2D eigenvalue weighted by Gasteiger charge is -1.91. The molecule has 0 spiro atoms. The first-order valence-electron chi connectivity index (χ1n) is 2.92. The van der Waals surface area contributed by atoms with Gasteiger partial charge in [-0.2, -0.15) is 0 Å². The Labute approximate surface area is 72.4 Å². The molecule has 1 aromatic rings. The monoisotopic (exact) mass is 221 g/mol. The number of ether oxygens (including phenoxy) is 1. The average molecular weight is 222 g/mol. The normalized spacial score (nSPS) is 10.2. The first kappa shape index (κ1) is 8.17. The maximum atomic E-state index is 4.91. The molecule has 0 aliphatic carbocycles. The molecule has 0 saturated carbocycles. The van der Waals surface area contributed by atoms with Crippen molar-refractivity contribution in [3.05, 3.63) is 15.0 Å². The highest BCUT2D eigenvalue weighted by Crippen LogP contribution is 2.18. The fourth-order valence-corrected chi connectivity index (χ4v) is 1.88. The summed E-state index contributed by atoms with van der Waals surface area (Å²) in [5.74, 6) is 0. The smallest absolute Gasteiger partial charge is 0.0959 e. The van der Waals surface area contributed by atoms with E-state index in [0.29, 0.717) is 0 Å². The van der Waals surface area contributed by atoms with Gasteiger partial charge in [0.15, 0.2) is 0 Å². The Hall–Kier alpha value is 0.0700. The van der Waals surface area contributed by atoms with Gasteiger partial charge in [0, 0.05) is 13.5 Å². The van der Waals surface area contributed by atoms with Crippen LogP contribution in [-0.2, 0) is 11.2 Å². The highest BCUT2D eigenvalue weighted by Gasteiger charge is 1.97. The van der Waals surface area contributed by atoms with Crippen molar-refractivity contribution in [3.63, 3.8) is 0 Å². The van der Waals surface area contributed by atoms with E-state index in [-0.39, 0.29) is 0 Å². The molecule has 0 atom stereocenters. The van der Waals surface area contributed by atoms with Crippen molar-refractivity contribution in [1.29, 1.82) is 0 Å². The van der Waals surface area contributed by atoms with E-state index in [9.17, 15) is 0 Å². The minimum Gasteiger partial charge on any atom is -0.384 e. The van der Waals surface area contributed by atoms with Crippen molar-refractivity contribution in [2.24, 2.45) is 0 Å². The number of aromatic nitrogens is 1. The van der Waals surface area contributed by atoms with Gasteiger partial charge in [-0.15, -0.1) is 11.3 Å². The van der Waals surface area contributed by atoms with Gasteiger partial charge in [-0.3, -0.25) is 0 Å². The minimum absolute atomic E-state index is 0.750. The Bertz CT molecular complexity index is 201. The van der Waals surface area contributed by atoms with Crippen LogP contribution in [-0.4, -0.2) is 18.7 Å². The van der Waals surface area contributed by atoms with E-state index in [1.54, 1.807) is 18.4 Å². The topological polar surface area (TPSA) is 22.1 Å². The molecule has 0 saturated heterocycles. The van der Waals surface area contributed by atoms with E-state index >= 15 is 0 Å². The van der Waals surface area contributed by atoms with Gasteiger partial charge in [-0.25, -0.2) is 4.98 Å². The second-order valence-electron chi connectivity index (χ2n) is 1.80. The number of halogens is 1. The molecular formula is C6H8BrNOS. The van der Waals surface area contributed by atoms with Crippen molar-refractivity contribution < 1.29 is 4.74 Å². The van der Waals surface area contributed by atoms with Crippen LogP contribution >= 0.6 is 27.3 Å². The summed E-state index contributed by atoms with van der Waals surface area (Å²) in [5.41, 5.74) is 0. The molecule has 0 amide bonds. The Balaban J connectivity index is 2.42. The molecule has 0 N–H and O–H groups in total. The predicted molar refractivity (Wildman–Crippen MR) is 45.4 cm³/mol. The lowest BCUT2D eigenvalue weighted by atomic mass is 10.5. The molecule has 1 rings (SSSR count). The van der Waals surface area contributed by atoms with Crippen LogP contribution in [0.25, 0.3) is 0 Å². The van der Waals surface area contributed by atoms with Crippen LogP contribution in [0.15, 0.2) is 9.98 Å². The highest BCUT2D eigenvalue weighted by molar-refractivity contribution is 9.11. The molecule has 1 heterocycles. The Kier molecular flexibility index (Phi) is 3.31. The maximum absolute atomic E-state index is 4.91. The van der Waals surface area contributed by atoms with Gasteiger partial charge in [0.1, 0.15) is 0 Å². The molecule has 0 radical (unpaired) electrons. The average Bonchev–Trinajstić information content (AvgIpc) is 2.31. The molecular weight excluding hydrogens is 214 g/mol. The van der Waals surface area contributed by atoms with Crippen LogP contribution in [0.2, 0.25) is 0 Å². The molecule has 0 aliphatic heterocycles. The third-order valence-corrected chi connectivity index (χ3v) is 2.58. The minimum atomic E-state index is 0.750. The lowest BCUT2D eigenvalue weighted by Crippen LogP contribution is -1.92. The van der Waals surface area contributed by atoms with Crippen LogP contribution < -0.4 is 0 Å². The van der Waals surface area contributed by atoms with Crippen LogP contribution in [0.4, 0.5) is 0 Å². The Morgan fingerprint density at radius 2 is 2.60 bits per heavy atom. The molecule has 0 unspecified atom stereocenters. The Morgan fingerprint density at radius 3 is 3.10 bits per heavy atom. The summed E-state index contributed by atoms with van der Waals surface area (Å²) in [5, 5.41) is 1.12. The molecule has 2 nitrogen and oxygen atoms in total. The summed E-state index contributed by atoms with van der Waals surface area (Å²) in [4.78, 5) is 4.14.